The smallest absolute Gasteiger partial charge is 0.255 e. The van der Waals surface area contributed by atoms with E-state index < -0.39 is 0 Å². The van der Waals surface area contributed by atoms with Crippen LogP contribution in [0.4, 0.5) is 5.95 Å². The van der Waals surface area contributed by atoms with Crippen LogP contribution >= 0.6 is 0 Å². The van der Waals surface area contributed by atoms with Crippen LogP contribution in [-0.2, 0) is 13.6 Å². The van der Waals surface area contributed by atoms with Crippen molar-refractivity contribution in [3.8, 4) is 11.3 Å². The van der Waals surface area contributed by atoms with Crippen molar-refractivity contribution in [2.24, 2.45) is 7.05 Å². The van der Waals surface area contributed by atoms with Gasteiger partial charge in [0, 0.05) is 24.0 Å². The van der Waals surface area contributed by atoms with Gasteiger partial charge in [-0.2, -0.15) is 5.10 Å². The number of rotatable bonds is 3. The quantitative estimate of drug-likeness (QED) is 0.790. The molecule has 0 radical (unpaired) electrons. The molecule has 0 bridgehead atoms. The minimum Gasteiger partial charge on any atom is -0.346 e. The van der Waals surface area contributed by atoms with E-state index in [1.807, 2.05) is 14.0 Å². The molecule has 8 heteroatoms. The maximum Gasteiger partial charge on any atom is 0.255 e. The zero-order valence-electron chi connectivity index (χ0n) is 14.4. The highest BCUT2D eigenvalue weighted by atomic mass is 16.1. The Labute approximate surface area is 145 Å². The second-order valence-electron chi connectivity index (χ2n) is 6.64. The molecule has 1 aliphatic carbocycles. The largest absolute Gasteiger partial charge is 0.346 e. The van der Waals surface area contributed by atoms with Gasteiger partial charge in [0.15, 0.2) is 0 Å². The van der Waals surface area contributed by atoms with Gasteiger partial charge in [-0.3, -0.25) is 9.48 Å². The van der Waals surface area contributed by atoms with E-state index in [9.17, 15) is 4.79 Å². The van der Waals surface area contributed by atoms with Crippen molar-refractivity contribution in [1.29, 1.82) is 5.41 Å². The van der Waals surface area contributed by atoms with Crippen molar-refractivity contribution in [1.82, 2.24) is 25.1 Å². The molecule has 1 aliphatic heterocycles. The van der Waals surface area contributed by atoms with Gasteiger partial charge < -0.3 is 16.0 Å². The van der Waals surface area contributed by atoms with Crippen molar-refractivity contribution < 1.29 is 4.79 Å². The molecule has 1 amide bonds. The van der Waals surface area contributed by atoms with Crippen LogP contribution in [0.25, 0.3) is 11.3 Å². The molecule has 0 aromatic carbocycles. The minimum atomic E-state index is -0.148. The fraction of sp³-hybridized carbons (Fsp3) is 0.471. The van der Waals surface area contributed by atoms with Crippen molar-refractivity contribution in [3.05, 3.63) is 23.1 Å². The van der Waals surface area contributed by atoms with Gasteiger partial charge >= 0.3 is 0 Å². The van der Waals surface area contributed by atoms with Gasteiger partial charge in [0.25, 0.3) is 5.91 Å². The van der Waals surface area contributed by atoms with Crippen LogP contribution in [0.3, 0.4) is 0 Å². The highest BCUT2D eigenvalue weighted by Crippen LogP contribution is 2.30. The van der Waals surface area contributed by atoms with E-state index in [1.165, 1.54) is 0 Å². The molecule has 2 aromatic rings. The SMILES string of the molecule is Cc1c(-c2nc(N[C@@H]3CCCCC3=N)nc3c2C(=O)NC3)cnn1C. The Hall–Kier alpha value is -2.77. The van der Waals surface area contributed by atoms with Crippen LogP contribution < -0.4 is 10.6 Å². The number of hydrogen-bond acceptors (Lipinski definition) is 6. The molecule has 0 saturated heterocycles. The minimum absolute atomic E-state index is 0.0280. The summed E-state index contributed by atoms with van der Waals surface area (Å²) in [6.07, 6.45) is 5.63. The monoisotopic (exact) mass is 339 g/mol. The molecular weight excluding hydrogens is 318 g/mol. The Bertz CT molecular complexity index is 870. The summed E-state index contributed by atoms with van der Waals surface area (Å²) in [6.45, 7) is 2.35. The van der Waals surface area contributed by atoms with Gasteiger partial charge in [-0.1, -0.05) is 6.42 Å². The number of anilines is 1. The Morgan fingerprint density at radius 3 is 2.92 bits per heavy atom. The normalized spacial score (nSPS) is 19.7. The Morgan fingerprint density at radius 1 is 1.36 bits per heavy atom. The third-order valence-corrected chi connectivity index (χ3v) is 5.03. The average molecular weight is 339 g/mol. The second kappa shape index (κ2) is 5.94. The second-order valence-corrected chi connectivity index (χ2v) is 6.64. The first-order chi connectivity index (χ1) is 12.0. The maximum atomic E-state index is 12.3. The van der Waals surface area contributed by atoms with Crippen molar-refractivity contribution in [3.63, 3.8) is 0 Å². The molecule has 25 heavy (non-hydrogen) atoms. The van der Waals surface area contributed by atoms with Gasteiger partial charge in [0.1, 0.15) is 0 Å². The Kier molecular flexibility index (Phi) is 3.74. The summed E-state index contributed by atoms with van der Waals surface area (Å²) in [5.74, 6) is 0.329. The summed E-state index contributed by atoms with van der Waals surface area (Å²) in [4.78, 5) is 21.4. The highest BCUT2D eigenvalue weighted by Gasteiger charge is 2.29. The number of amides is 1. The number of carbonyl (C=O) groups is 1. The Morgan fingerprint density at radius 2 is 2.20 bits per heavy atom. The number of fused-ring (bicyclic) bond motifs is 1. The molecule has 130 valence electrons. The molecule has 2 aromatic heterocycles. The summed E-state index contributed by atoms with van der Waals surface area (Å²) >= 11 is 0. The van der Waals surface area contributed by atoms with E-state index in [4.69, 9.17) is 5.41 Å². The van der Waals surface area contributed by atoms with E-state index >= 15 is 0 Å². The standard InChI is InChI=1S/C17H21N7O/c1-9-10(7-20-24(9)2)15-14-13(8-19-16(14)25)22-17(23-15)21-12-6-4-3-5-11(12)18/h7,12,18H,3-6,8H2,1-2H3,(H,19,25)(H,21,22,23)/t12-/m1/s1. The van der Waals surface area contributed by atoms with Crippen molar-refractivity contribution in [2.75, 3.05) is 5.32 Å². The lowest BCUT2D eigenvalue weighted by Crippen LogP contribution is -2.32. The summed E-state index contributed by atoms with van der Waals surface area (Å²) in [7, 11) is 1.86. The van der Waals surface area contributed by atoms with Crippen LogP contribution in [0.1, 0.15) is 47.4 Å². The molecular formula is C17H21N7O. The first-order valence-electron chi connectivity index (χ1n) is 8.56. The molecule has 4 rings (SSSR count). The topological polar surface area (TPSA) is 109 Å². The first-order valence-corrected chi connectivity index (χ1v) is 8.56. The molecule has 8 nitrogen and oxygen atoms in total. The van der Waals surface area contributed by atoms with E-state index in [-0.39, 0.29) is 11.9 Å². The summed E-state index contributed by atoms with van der Waals surface area (Å²) < 4.78 is 1.76. The molecule has 2 aliphatic rings. The first kappa shape index (κ1) is 15.7. The lowest BCUT2D eigenvalue weighted by atomic mass is 9.93. The van der Waals surface area contributed by atoms with Gasteiger partial charge in [-0.25, -0.2) is 9.97 Å². The number of nitrogens with zero attached hydrogens (tertiary/aromatic N) is 4. The number of aryl methyl sites for hydroxylation is 1. The molecule has 1 atom stereocenters. The summed E-state index contributed by atoms with van der Waals surface area (Å²) in [5, 5.41) is 18.5. The maximum absolute atomic E-state index is 12.3. The fourth-order valence-corrected chi connectivity index (χ4v) is 3.44. The van der Waals surface area contributed by atoms with E-state index in [0.717, 1.165) is 36.9 Å². The fourth-order valence-electron chi connectivity index (χ4n) is 3.44. The number of nitrogens with one attached hydrogen (secondary N) is 3. The lowest BCUT2D eigenvalue weighted by Gasteiger charge is -2.24. The third-order valence-electron chi connectivity index (χ3n) is 5.03. The third kappa shape index (κ3) is 2.67. The van der Waals surface area contributed by atoms with Gasteiger partial charge in [0.2, 0.25) is 5.95 Å². The van der Waals surface area contributed by atoms with Crippen LogP contribution in [0, 0.1) is 12.3 Å². The molecule has 0 spiro atoms. The summed E-state index contributed by atoms with van der Waals surface area (Å²) in [6, 6.07) is -0.0280. The molecule has 1 saturated carbocycles. The Balaban J connectivity index is 1.77. The van der Waals surface area contributed by atoms with Crippen LogP contribution in [0.15, 0.2) is 6.20 Å². The van der Waals surface area contributed by atoms with Crippen molar-refractivity contribution >= 4 is 17.6 Å². The van der Waals surface area contributed by atoms with E-state index in [2.05, 4.69) is 25.7 Å². The number of aromatic nitrogens is 4. The molecule has 1 fully saturated rings. The van der Waals surface area contributed by atoms with E-state index in [0.29, 0.717) is 35.2 Å². The average Bonchev–Trinajstić information content (AvgIpc) is 3.13. The predicted octanol–water partition coefficient (Wildman–Crippen LogP) is 1.80. The number of hydrogen-bond donors (Lipinski definition) is 3. The van der Waals surface area contributed by atoms with Gasteiger partial charge in [-0.05, 0) is 26.2 Å². The van der Waals surface area contributed by atoms with Crippen LogP contribution in [0.2, 0.25) is 0 Å². The van der Waals surface area contributed by atoms with Crippen molar-refractivity contribution in [2.45, 2.75) is 45.2 Å². The van der Waals surface area contributed by atoms with Gasteiger partial charge in [-0.15, -0.1) is 0 Å². The van der Waals surface area contributed by atoms with Crippen LogP contribution in [0.5, 0.6) is 0 Å². The molecule has 0 unspecified atom stereocenters. The van der Waals surface area contributed by atoms with Gasteiger partial charge in [0.05, 0.1) is 35.7 Å². The zero-order valence-corrected chi connectivity index (χ0v) is 14.4. The van der Waals surface area contributed by atoms with E-state index in [1.54, 1.807) is 10.9 Å². The molecule has 3 heterocycles. The zero-order chi connectivity index (χ0) is 17.6. The predicted molar refractivity (Wildman–Crippen MR) is 93.7 cm³/mol. The molecule has 3 N–H and O–H groups in total. The number of carbonyl (C=O) groups excluding carboxylic acids is 1. The highest BCUT2D eigenvalue weighted by molar-refractivity contribution is 6.03. The lowest BCUT2D eigenvalue weighted by molar-refractivity contribution is 0.0966. The van der Waals surface area contributed by atoms with Crippen LogP contribution in [-0.4, -0.2) is 37.4 Å². The summed E-state index contributed by atoms with van der Waals surface area (Å²) in [5.41, 5.74) is 4.31.